The molecule has 4 N–H and O–H groups in total. The van der Waals surface area contributed by atoms with Crippen LogP contribution in [0.3, 0.4) is 0 Å². The van der Waals surface area contributed by atoms with E-state index in [4.69, 9.17) is 12.2 Å². The van der Waals surface area contributed by atoms with Gasteiger partial charge in [-0.15, -0.1) is 0 Å². The number of anilines is 1. The molecule has 0 aromatic heterocycles. The van der Waals surface area contributed by atoms with Crippen LogP contribution in [0.2, 0.25) is 0 Å². The molecule has 0 bridgehead atoms. The van der Waals surface area contributed by atoms with Gasteiger partial charge in [-0.1, -0.05) is 34.6 Å². The molecule has 142 valence electrons. The second-order valence-corrected chi connectivity index (χ2v) is 7.74. The standard InChI is InChI=1S/C18H26N4O3S/c1-11(2)10-14(23)19-13-8-6-12(7-9-13)15(24)21-22-17(26)20-16(25)18(3,4)5/h6-9,11H,10H2,1-5H3,(H,19,23)(H,21,24)(H2,20,22,25,26). The quantitative estimate of drug-likeness (QED) is 0.476. The fourth-order valence-corrected chi connectivity index (χ4v) is 1.94. The fourth-order valence-electron chi connectivity index (χ4n) is 1.80. The molecule has 0 unspecified atom stereocenters. The second-order valence-electron chi connectivity index (χ2n) is 7.34. The van der Waals surface area contributed by atoms with Crippen molar-refractivity contribution >= 4 is 40.7 Å². The first-order valence-electron chi connectivity index (χ1n) is 8.30. The lowest BCUT2D eigenvalue weighted by atomic mass is 9.96. The maximum Gasteiger partial charge on any atom is 0.269 e. The number of hydrogen-bond donors (Lipinski definition) is 4. The Hall–Kier alpha value is -2.48. The summed E-state index contributed by atoms with van der Waals surface area (Å²) in [6.45, 7) is 9.20. The Labute approximate surface area is 159 Å². The maximum absolute atomic E-state index is 12.1. The average molecular weight is 378 g/mol. The van der Waals surface area contributed by atoms with Gasteiger partial charge in [0.25, 0.3) is 5.91 Å². The molecule has 0 fully saturated rings. The van der Waals surface area contributed by atoms with Crippen LogP contribution in [0.1, 0.15) is 51.4 Å². The largest absolute Gasteiger partial charge is 0.326 e. The van der Waals surface area contributed by atoms with Crippen LogP contribution < -0.4 is 21.5 Å². The molecule has 0 saturated carbocycles. The molecule has 0 aliphatic heterocycles. The Kier molecular flexibility index (Phi) is 7.70. The highest BCUT2D eigenvalue weighted by molar-refractivity contribution is 7.80. The van der Waals surface area contributed by atoms with Gasteiger partial charge >= 0.3 is 0 Å². The van der Waals surface area contributed by atoms with E-state index < -0.39 is 11.3 Å². The van der Waals surface area contributed by atoms with Crippen LogP contribution in [-0.2, 0) is 9.59 Å². The van der Waals surface area contributed by atoms with Crippen LogP contribution in [0.4, 0.5) is 5.69 Å². The third-order valence-corrected chi connectivity index (χ3v) is 3.43. The van der Waals surface area contributed by atoms with Crippen molar-refractivity contribution in [2.24, 2.45) is 11.3 Å². The molecule has 0 heterocycles. The van der Waals surface area contributed by atoms with Crippen LogP contribution >= 0.6 is 12.2 Å². The number of hydrogen-bond acceptors (Lipinski definition) is 4. The zero-order chi connectivity index (χ0) is 19.9. The van der Waals surface area contributed by atoms with Crippen molar-refractivity contribution in [2.75, 3.05) is 5.32 Å². The summed E-state index contributed by atoms with van der Waals surface area (Å²) >= 11 is 4.96. The Morgan fingerprint density at radius 2 is 1.62 bits per heavy atom. The molecule has 0 atom stereocenters. The van der Waals surface area contributed by atoms with Crippen LogP contribution in [0, 0.1) is 11.3 Å². The van der Waals surface area contributed by atoms with E-state index in [9.17, 15) is 14.4 Å². The summed E-state index contributed by atoms with van der Waals surface area (Å²) in [6, 6.07) is 6.46. The normalized spacial score (nSPS) is 10.8. The van der Waals surface area contributed by atoms with Gasteiger partial charge in [-0.2, -0.15) is 0 Å². The predicted octanol–water partition coefficient (Wildman–Crippen LogP) is 2.35. The van der Waals surface area contributed by atoms with E-state index >= 15 is 0 Å². The van der Waals surface area contributed by atoms with Gasteiger partial charge in [0, 0.05) is 23.1 Å². The maximum atomic E-state index is 12.1. The highest BCUT2D eigenvalue weighted by Gasteiger charge is 2.22. The van der Waals surface area contributed by atoms with E-state index in [1.807, 2.05) is 13.8 Å². The van der Waals surface area contributed by atoms with Crippen molar-refractivity contribution in [1.29, 1.82) is 0 Å². The van der Waals surface area contributed by atoms with Gasteiger partial charge in [0.1, 0.15) is 0 Å². The lowest BCUT2D eigenvalue weighted by Gasteiger charge is -2.18. The summed E-state index contributed by atoms with van der Waals surface area (Å²) in [7, 11) is 0. The smallest absolute Gasteiger partial charge is 0.269 e. The highest BCUT2D eigenvalue weighted by atomic mass is 32.1. The van der Waals surface area contributed by atoms with E-state index in [-0.39, 0.29) is 22.8 Å². The first kappa shape index (κ1) is 21.6. The molecule has 0 saturated heterocycles. The van der Waals surface area contributed by atoms with Gasteiger partial charge in [-0.3, -0.25) is 25.2 Å². The number of benzene rings is 1. The number of carbonyl (C=O) groups excluding carboxylic acids is 3. The lowest BCUT2D eigenvalue weighted by molar-refractivity contribution is -0.127. The van der Waals surface area contributed by atoms with E-state index in [2.05, 4.69) is 21.5 Å². The first-order valence-corrected chi connectivity index (χ1v) is 8.71. The topological polar surface area (TPSA) is 99.3 Å². The monoisotopic (exact) mass is 378 g/mol. The van der Waals surface area contributed by atoms with Gasteiger partial charge in [-0.25, -0.2) is 0 Å². The van der Waals surface area contributed by atoms with Gasteiger partial charge in [0.15, 0.2) is 5.11 Å². The van der Waals surface area contributed by atoms with E-state index in [0.29, 0.717) is 17.7 Å². The molecular weight excluding hydrogens is 352 g/mol. The number of amides is 3. The summed E-state index contributed by atoms with van der Waals surface area (Å²) in [6.07, 6.45) is 0.434. The van der Waals surface area contributed by atoms with Crippen LogP contribution in [0.5, 0.6) is 0 Å². The molecule has 0 aliphatic carbocycles. The van der Waals surface area contributed by atoms with E-state index in [1.54, 1.807) is 45.0 Å². The Balaban J connectivity index is 2.52. The SMILES string of the molecule is CC(C)CC(=O)Nc1ccc(C(=O)NNC(=S)NC(=O)C(C)(C)C)cc1. The van der Waals surface area contributed by atoms with Crippen molar-refractivity contribution in [1.82, 2.24) is 16.2 Å². The highest BCUT2D eigenvalue weighted by Crippen LogP contribution is 2.12. The fraction of sp³-hybridized carbons (Fsp3) is 0.444. The number of hydrazine groups is 1. The molecule has 8 heteroatoms. The lowest BCUT2D eigenvalue weighted by Crippen LogP contribution is -2.50. The van der Waals surface area contributed by atoms with Gasteiger partial charge in [-0.05, 0) is 42.4 Å². The minimum Gasteiger partial charge on any atom is -0.326 e. The summed E-state index contributed by atoms with van der Waals surface area (Å²) in [5, 5.41) is 5.27. The molecule has 0 spiro atoms. The Morgan fingerprint density at radius 3 is 2.12 bits per heavy atom. The molecule has 3 amide bonds. The zero-order valence-electron chi connectivity index (χ0n) is 15.7. The molecule has 1 aromatic carbocycles. The molecule has 26 heavy (non-hydrogen) atoms. The third kappa shape index (κ3) is 7.60. The van der Waals surface area contributed by atoms with Crippen molar-refractivity contribution < 1.29 is 14.4 Å². The van der Waals surface area contributed by atoms with Gasteiger partial charge in [0.2, 0.25) is 11.8 Å². The molecule has 1 aromatic rings. The van der Waals surface area contributed by atoms with Crippen molar-refractivity contribution in [3.05, 3.63) is 29.8 Å². The van der Waals surface area contributed by atoms with Crippen molar-refractivity contribution in [2.45, 2.75) is 41.0 Å². The molecule has 1 rings (SSSR count). The molecule has 7 nitrogen and oxygen atoms in total. The number of carbonyl (C=O) groups is 3. The van der Waals surface area contributed by atoms with Crippen molar-refractivity contribution in [3.8, 4) is 0 Å². The second kappa shape index (κ2) is 9.28. The number of thiocarbonyl (C=S) groups is 1. The Morgan fingerprint density at radius 1 is 1.04 bits per heavy atom. The minimum atomic E-state index is -0.592. The number of nitrogens with one attached hydrogen (secondary N) is 4. The van der Waals surface area contributed by atoms with Gasteiger partial charge < -0.3 is 10.6 Å². The third-order valence-electron chi connectivity index (χ3n) is 3.22. The molecule has 0 aliphatic rings. The van der Waals surface area contributed by atoms with Crippen LogP contribution in [-0.4, -0.2) is 22.8 Å². The van der Waals surface area contributed by atoms with Crippen molar-refractivity contribution in [3.63, 3.8) is 0 Å². The van der Waals surface area contributed by atoms with Gasteiger partial charge in [0.05, 0.1) is 0 Å². The van der Waals surface area contributed by atoms with Crippen LogP contribution in [0.25, 0.3) is 0 Å². The zero-order valence-corrected chi connectivity index (χ0v) is 16.5. The Bertz CT molecular complexity index is 679. The number of rotatable bonds is 4. The average Bonchev–Trinajstić information content (AvgIpc) is 2.51. The predicted molar refractivity (Wildman–Crippen MR) is 105 cm³/mol. The van der Waals surface area contributed by atoms with E-state index in [1.165, 1.54) is 0 Å². The summed E-state index contributed by atoms with van der Waals surface area (Å²) in [4.78, 5) is 35.6. The summed E-state index contributed by atoms with van der Waals surface area (Å²) in [5.41, 5.74) is 5.30. The summed E-state index contributed by atoms with van der Waals surface area (Å²) < 4.78 is 0. The first-order chi connectivity index (χ1) is 12.0. The van der Waals surface area contributed by atoms with Crippen LogP contribution in [0.15, 0.2) is 24.3 Å². The minimum absolute atomic E-state index is 0.0100. The van der Waals surface area contributed by atoms with E-state index in [0.717, 1.165) is 0 Å². The summed E-state index contributed by atoms with van der Waals surface area (Å²) in [5.74, 6) is -0.476. The molecule has 0 radical (unpaired) electrons. The molecular formula is C18H26N4O3S.